The number of amides is 1. The van der Waals surface area contributed by atoms with Crippen molar-refractivity contribution >= 4 is 40.7 Å². The molecule has 7 nitrogen and oxygen atoms in total. The number of hydrogen-bond donors (Lipinski definition) is 2. The molecule has 3 N–H and O–H groups in total. The monoisotopic (exact) mass is 286 g/mol. The van der Waals surface area contributed by atoms with E-state index in [-0.39, 0.29) is 27.2 Å². The number of aryl methyl sites for hydroxylation is 1. The lowest BCUT2D eigenvalue weighted by atomic mass is 10.2. The van der Waals surface area contributed by atoms with E-state index in [2.05, 4.69) is 20.7 Å². The summed E-state index contributed by atoms with van der Waals surface area (Å²) in [6, 6.07) is 2.82. The molecule has 0 saturated carbocycles. The van der Waals surface area contributed by atoms with Crippen LogP contribution in [-0.4, -0.2) is 26.1 Å². The molecule has 1 amide bonds. The van der Waals surface area contributed by atoms with Gasteiger partial charge in [-0.3, -0.25) is 10.1 Å². The molecule has 1 aromatic carbocycles. The molecule has 0 atom stereocenters. The van der Waals surface area contributed by atoms with Crippen LogP contribution in [0.25, 0.3) is 0 Å². The van der Waals surface area contributed by atoms with Gasteiger partial charge in [-0.05, 0) is 17.3 Å². The van der Waals surface area contributed by atoms with Gasteiger partial charge in [-0.1, -0.05) is 28.3 Å². The molecule has 0 aliphatic carbocycles. The van der Waals surface area contributed by atoms with Crippen LogP contribution in [0.3, 0.4) is 0 Å². The molecule has 18 heavy (non-hydrogen) atoms. The molecular weight excluding hydrogens is 279 g/mol. The van der Waals surface area contributed by atoms with E-state index in [1.54, 1.807) is 7.05 Å². The fourth-order valence-corrected chi connectivity index (χ4v) is 1.71. The lowest BCUT2D eigenvalue weighted by Crippen LogP contribution is -2.13. The van der Waals surface area contributed by atoms with Crippen molar-refractivity contribution in [1.29, 1.82) is 0 Å². The second kappa shape index (κ2) is 4.79. The van der Waals surface area contributed by atoms with Gasteiger partial charge in [0, 0.05) is 5.56 Å². The largest absolute Gasteiger partial charge is 0.396 e. The molecule has 9 heteroatoms. The van der Waals surface area contributed by atoms with Crippen molar-refractivity contribution < 1.29 is 4.79 Å². The number of anilines is 2. The standard InChI is InChI=1S/C9H8Cl2N6O/c1-17-15-9(14-16-17)13-8(18)4-2-5(10)7(12)6(11)3-4/h2-3H,12H2,1H3,(H,13,15,18). The molecule has 1 aromatic heterocycles. The van der Waals surface area contributed by atoms with Crippen LogP contribution in [-0.2, 0) is 7.05 Å². The number of carbonyl (C=O) groups is 1. The number of benzene rings is 1. The summed E-state index contributed by atoms with van der Waals surface area (Å²) < 4.78 is 0. The van der Waals surface area contributed by atoms with Gasteiger partial charge in [-0.2, -0.15) is 4.80 Å². The number of nitrogens with two attached hydrogens (primary N) is 1. The van der Waals surface area contributed by atoms with Crippen molar-refractivity contribution in [3.8, 4) is 0 Å². The van der Waals surface area contributed by atoms with E-state index >= 15 is 0 Å². The third kappa shape index (κ3) is 2.52. The number of nitrogens with zero attached hydrogens (tertiary/aromatic N) is 4. The Kier molecular flexibility index (Phi) is 3.35. The quantitative estimate of drug-likeness (QED) is 0.812. The first-order chi connectivity index (χ1) is 8.47. The van der Waals surface area contributed by atoms with E-state index in [0.29, 0.717) is 0 Å². The van der Waals surface area contributed by atoms with E-state index in [0.717, 1.165) is 0 Å². The average molecular weight is 287 g/mol. The minimum Gasteiger partial charge on any atom is -0.396 e. The second-order valence-electron chi connectivity index (χ2n) is 3.41. The summed E-state index contributed by atoms with van der Waals surface area (Å²) >= 11 is 11.7. The maximum Gasteiger partial charge on any atom is 0.270 e. The van der Waals surface area contributed by atoms with Gasteiger partial charge in [-0.15, -0.1) is 5.10 Å². The zero-order chi connectivity index (χ0) is 13.3. The van der Waals surface area contributed by atoms with Gasteiger partial charge in [0.15, 0.2) is 0 Å². The molecule has 2 aromatic rings. The van der Waals surface area contributed by atoms with Gasteiger partial charge >= 0.3 is 0 Å². The summed E-state index contributed by atoms with van der Waals surface area (Å²) in [5, 5.41) is 13.9. The van der Waals surface area contributed by atoms with E-state index in [9.17, 15) is 4.79 Å². The topological polar surface area (TPSA) is 98.7 Å². The van der Waals surface area contributed by atoms with Crippen LogP contribution in [0.5, 0.6) is 0 Å². The fourth-order valence-electron chi connectivity index (χ4n) is 1.22. The molecule has 0 saturated heterocycles. The average Bonchev–Trinajstić information content (AvgIpc) is 2.71. The molecule has 0 radical (unpaired) electrons. The summed E-state index contributed by atoms with van der Waals surface area (Å²) in [5.41, 5.74) is 6.06. The van der Waals surface area contributed by atoms with Crippen LogP contribution in [0.1, 0.15) is 10.4 Å². The minimum atomic E-state index is -0.452. The molecule has 0 aliphatic heterocycles. The predicted octanol–water partition coefficient (Wildman–Crippen LogP) is 1.35. The van der Waals surface area contributed by atoms with Crippen molar-refractivity contribution in [3.05, 3.63) is 27.7 Å². The van der Waals surface area contributed by atoms with E-state index in [4.69, 9.17) is 28.9 Å². The molecule has 0 fully saturated rings. The van der Waals surface area contributed by atoms with Crippen molar-refractivity contribution in [1.82, 2.24) is 20.2 Å². The molecule has 1 heterocycles. The number of aromatic nitrogens is 4. The molecule has 0 aliphatic rings. The maximum atomic E-state index is 11.9. The van der Waals surface area contributed by atoms with Gasteiger partial charge in [0.05, 0.1) is 22.8 Å². The lowest BCUT2D eigenvalue weighted by Gasteiger charge is -2.05. The third-order valence-electron chi connectivity index (χ3n) is 2.07. The number of nitrogens with one attached hydrogen (secondary N) is 1. The first-order valence-corrected chi connectivity index (χ1v) is 5.53. The first kappa shape index (κ1) is 12.6. The highest BCUT2D eigenvalue weighted by atomic mass is 35.5. The van der Waals surface area contributed by atoms with Crippen LogP contribution < -0.4 is 11.1 Å². The normalized spacial score (nSPS) is 10.4. The molecule has 0 unspecified atom stereocenters. The molecule has 94 valence electrons. The summed E-state index contributed by atoms with van der Waals surface area (Å²) in [5.74, 6) is -0.363. The van der Waals surface area contributed by atoms with Gasteiger partial charge in [0.25, 0.3) is 11.9 Å². The van der Waals surface area contributed by atoms with Crippen LogP contribution in [0.2, 0.25) is 10.0 Å². The van der Waals surface area contributed by atoms with Gasteiger partial charge in [0.2, 0.25) is 0 Å². The number of halogens is 2. The van der Waals surface area contributed by atoms with Gasteiger partial charge in [-0.25, -0.2) is 0 Å². The Labute approximate surface area is 112 Å². The Bertz CT molecular complexity index is 588. The van der Waals surface area contributed by atoms with Crippen LogP contribution >= 0.6 is 23.2 Å². The predicted molar refractivity (Wildman–Crippen MR) is 67.6 cm³/mol. The number of rotatable bonds is 2. The van der Waals surface area contributed by atoms with Crippen molar-refractivity contribution in [2.24, 2.45) is 7.05 Å². The zero-order valence-electron chi connectivity index (χ0n) is 9.19. The number of tetrazole rings is 1. The summed E-state index contributed by atoms with van der Waals surface area (Å²) in [6.45, 7) is 0. The highest BCUT2D eigenvalue weighted by Gasteiger charge is 2.13. The van der Waals surface area contributed by atoms with Crippen LogP contribution in [0, 0.1) is 0 Å². The highest BCUT2D eigenvalue weighted by Crippen LogP contribution is 2.28. The number of hydrogen-bond acceptors (Lipinski definition) is 5. The summed E-state index contributed by atoms with van der Waals surface area (Å²) in [6.07, 6.45) is 0. The number of nitrogen functional groups attached to an aromatic ring is 1. The van der Waals surface area contributed by atoms with Crippen molar-refractivity contribution in [3.63, 3.8) is 0 Å². The van der Waals surface area contributed by atoms with Crippen LogP contribution in [0.4, 0.5) is 11.6 Å². The molecule has 2 rings (SSSR count). The summed E-state index contributed by atoms with van der Waals surface area (Å²) in [7, 11) is 1.58. The van der Waals surface area contributed by atoms with E-state index in [1.807, 2.05) is 0 Å². The number of carbonyl (C=O) groups excluding carboxylic acids is 1. The Hall–Kier alpha value is -1.86. The Balaban J connectivity index is 2.24. The Morgan fingerprint density at radius 2 is 2.00 bits per heavy atom. The van der Waals surface area contributed by atoms with Gasteiger partial charge < -0.3 is 5.73 Å². The van der Waals surface area contributed by atoms with E-state index < -0.39 is 5.91 Å². The smallest absolute Gasteiger partial charge is 0.270 e. The van der Waals surface area contributed by atoms with E-state index in [1.165, 1.54) is 16.9 Å². The molecular formula is C9H8Cl2N6O. The minimum absolute atomic E-state index is 0.0894. The first-order valence-electron chi connectivity index (χ1n) is 4.77. The third-order valence-corrected chi connectivity index (χ3v) is 2.70. The maximum absolute atomic E-state index is 11.9. The van der Waals surface area contributed by atoms with Gasteiger partial charge in [0.1, 0.15) is 0 Å². The highest BCUT2D eigenvalue weighted by molar-refractivity contribution is 6.39. The summed E-state index contributed by atoms with van der Waals surface area (Å²) in [4.78, 5) is 13.1. The lowest BCUT2D eigenvalue weighted by molar-refractivity contribution is 0.102. The second-order valence-corrected chi connectivity index (χ2v) is 4.22. The molecule has 0 spiro atoms. The van der Waals surface area contributed by atoms with Crippen LogP contribution in [0.15, 0.2) is 12.1 Å². The van der Waals surface area contributed by atoms with Crippen molar-refractivity contribution in [2.45, 2.75) is 0 Å². The Morgan fingerprint density at radius 1 is 1.39 bits per heavy atom. The fraction of sp³-hybridized carbons (Fsp3) is 0.111. The Morgan fingerprint density at radius 3 is 2.50 bits per heavy atom. The van der Waals surface area contributed by atoms with Crippen molar-refractivity contribution in [2.75, 3.05) is 11.1 Å². The molecule has 0 bridgehead atoms. The SMILES string of the molecule is Cn1nnc(NC(=O)c2cc(Cl)c(N)c(Cl)c2)n1. The zero-order valence-corrected chi connectivity index (χ0v) is 10.7.